The van der Waals surface area contributed by atoms with Crippen molar-refractivity contribution in [3.05, 3.63) is 11.8 Å². The van der Waals surface area contributed by atoms with Crippen LogP contribution in [0.15, 0.2) is 11.8 Å². The van der Waals surface area contributed by atoms with Crippen LogP contribution in [0.1, 0.15) is 19.8 Å². The second-order valence-electron chi connectivity index (χ2n) is 4.64. The molecule has 3 heteroatoms. The fraction of sp³-hybridized carbons (Fsp3) is 0.800. The first-order valence-electron chi connectivity index (χ1n) is 4.95. The predicted octanol–water partition coefficient (Wildman–Crippen LogP) is 2.92. The van der Waals surface area contributed by atoms with E-state index in [9.17, 15) is 0 Å². The second kappa shape index (κ2) is 4.29. The van der Waals surface area contributed by atoms with Crippen molar-refractivity contribution in [3.63, 3.8) is 0 Å². The van der Waals surface area contributed by atoms with Crippen molar-refractivity contribution in [2.75, 3.05) is 6.61 Å². The van der Waals surface area contributed by atoms with Crippen LogP contribution in [0.5, 0.6) is 0 Å². The van der Waals surface area contributed by atoms with Crippen molar-refractivity contribution in [1.29, 1.82) is 0 Å². The molecule has 0 aromatic heterocycles. The third kappa shape index (κ3) is 4.48. The van der Waals surface area contributed by atoms with E-state index in [4.69, 9.17) is 9.16 Å². The normalized spacial score (nSPS) is 27.7. The van der Waals surface area contributed by atoms with E-state index in [1.54, 1.807) is 0 Å². The largest absolute Gasteiger partial charge is 0.550 e. The average Bonchev–Trinajstić information content (AvgIpc) is 2.00. The zero-order chi connectivity index (χ0) is 9.90. The van der Waals surface area contributed by atoms with Gasteiger partial charge in [0.25, 0.3) is 0 Å². The van der Waals surface area contributed by atoms with Crippen LogP contribution in [0, 0.1) is 0 Å². The highest BCUT2D eigenvalue weighted by molar-refractivity contribution is 6.69. The van der Waals surface area contributed by atoms with Crippen LogP contribution >= 0.6 is 0 Å². The van der Waals surface area contributed by atoms with Gasteiger partial charge in [-0.3, -0.25) is 0 Å². The lowest BCUT2D eigenvalue weighted by molar-refractivity contribution is 0.0476. The van der Waals surface area contributed by atoms with E-state index in [2.05, 4.69) is 26.6 Å². The minimum absolute atomic E-state index is 0.366. The highest BCUT2D eigenvalue weighted by atomic mass is 28.4. The van der Waals surface area contributed by atoms with E-state index in [1.165, 1.54) is 5.57 Å². The van der Waals surface area contributed by atoms with Gasteiger partial charge in [-0.1, -0.05) is 0 Å². The van der Waals surface area contributed by atoms with Crippen LogP contribution < -0.4 is 0 Å². The molecule has 13 heavy (non-hydrogen) atoms. The van der Waals surface area contributed by atoms with E-state index < -0.39 is 8.32 Å². The lowest BCUT2D eigenvalue weighted by atomic mass is 10.1. The molecule has 1 atom stereocenters. The molecule has 0 aromatic rings. The Morgan fingerprint density at radius 3 is 2.69 bits per heavy atom. The number of ether oxygens (including phenoxy) is 1. The summed E-state index contributed by atoms with van der Waals surface area (Å²) in [4.78, 5) is 0. The molecule has 0 radical (unpaired) electrons. The van der Waals surface area contributed by atoms with Gasteiger partial charge in [0.2, 0.25) is 8.32 Å². The Hall–Kier alpha value is -0.283. The van der Waals surface area contributed by atoms with Gasteiger partial charge in [-0.25, -0.2) is 0 Å². The monoisotopic (exact) mass is 200 g/mol. The van der Waals surface area contributed by atoms with Crippen molar-refractivity contribution in [1.82, 2.24) is 0 Å². The molecule has 0 saturated carbocycles. The molecular weight excluding hydrogens is 180 g/mol. The quantitative estimate of drug-likeness (QED) is 0.504. The Balaban J connectivity index is 2.42. The highest BCUT2D eigenvalue weighted by Crippen LogP contribution is 2.19. The van der Waals surface area contributed by atoms with E-state index in [0.29, 0.717) is 6.10 Å². The summed E-state index contributed by atoms with van der Waals surface area (Å²) in [6.45, 7) is 9.57. The molecule has 76 valence electrons. The van der Waals surface area contributed by atoms with Crippen LogP contribution in [-0.4, -0.2) is 21.0 Å². The van der Waals surface area contributed by atoms with Gasteiger partial charge < -0.3 is 9.16 Å². The fourth-order valence-electron chi connectivity index (χ4n) is 1.29. The molecule has 0 aliphatic carbocycles. The first-order chi connectivity index (χ1) is 5.97. The van der Waals surface area contributed by atoms with E-state index in [0.717, 1.165) is 19.4 Å². The van der Waals surface area contributed by atoms with Gasteiger partial charge in [0, 0.05) is 0 Å². The SMILES string of the molecule is CC1C/C(=C\O[Si](C)(C)C)CCO1. The molecule has 0 bridgehead atoms. The molecule has 0 N–H and O–H groups in total. The summed E-state index contributed by atoms with van der Waals surface area (Å²) >= 11 is 0. The first-order valence-corrected chi connectivity index (χ1v) is 8.35. The average molecular weight is 200 g/mol. The van der Waals surface area contributed by atoms with Crippen molar-refractivity contribution in [2.24, 2.45) is 0 Å². The summed E-state index contributed by atoms with van der Waals surface area (Å²) in [7, 11) is -1.38. The number of rotatable bonds is 2. The summed E-state index contributed by atoms with van der Waals surface area (Å²) in [5.74, 6) is 0. The Bertz CT molecular complexity index is 194. The lowest BCUT2D eigenvalue weighted by Crippen LogP contribution is -2.23. The molecule has 0 spiro atoms. The molecular formula is C10H20O2Si. The lowest BCUT2D eigenvalue weighted by Gasteiger charge is -2.23. The van der Waals surface area contributed by atoms with Gasteiger partial charge >= 0.3 is 0 Å². The molecule has 1 aliphatic rings. The zero-order valence-corrected chi connectivity index (χ0v) is 10.1. The molecule has 1 fully saturated rings. The van der Waals surface area contributed by atoms with Gasteiger partial charge in [-0.2, -0.15) is 0 Å². The number of hydrogen-bond donors (Lipinski definition) is 0. The standard InChI is InChI=1S/C10H20O2Si/c1-9-7-10(5-6-11-9)8-12-13(2,3)4/h8-9H,5-7H2,1-4H3/b10-8-. The summed E-state index contributed by atoms with van der Waals surface area (Å²) < 4.78 is 11.2. The van der Waals surface area contributed by atoms with Crippen molar-refractivity contribution >= 4 is 8.32 Å². The van der Waals surface area contributed by atoms with Gasteiger partial charge in [-0.15, -0.1) is 0 Å². The Kier molecular flexibility index (Phi) is 3.56. The van der Waals surface area contributed by atoms with Crippen molar-refractivity contribution in [2.45, 2.75) is 45.5 Å². The molecule has 1 rings (SSSR count). The van der Waals surface area contributed by atoms with Gasteiger partial charge in [0.05, 0.1) is 19.0 Å². The topological polar surface area (TPSA) is 18.5 Å². The highest BCUT2D eigenvalue weighted by Gasteiger charge is 2.16. The maximum Gasteiger partial charge on any atom is 0.241 e. The third-order valence-corrected chi connectivity index (χ3v) is 2.78. The van der Waals surface area contributed by atoms with Crippen LogP contribution in [0.2, 0.25) is 19.6 Å². The van der Waals surface area contributed by atoms with E-state index >= 15 is 0 Å². The van der Waals surface area contributed by atoms with Crippen LogP contribution in [-0.2, 0) is 9.16 Å². The molecule has 0 aromatic carbocycles. The zero-order valence-electron chi connectivity index (χ0n) is 9.09. The summed E-state index contributed by atoms with van der Waals surface area (Å²) in [5, 5.41) is 0. The van der Waals surface area contributed by atoms with Crippen LogP contribution in [0.4, 0.5) is 0 Å². The third-order valence-electron chi connectivity index (χ3n) is 1.95. The number of hydrogen-bond acceptors (Lipinski definition) is 2. The molecule has 1 saturated heterocycles. The molecule has 0 amide bonds. The van der Waals surface area contributed by atoms with Gasteiger partial charge in [0.15, 0.2) is 0 Å². The van der Waals surface area contributed by atoms with E-state index in [-0.39, 0.29) is 0 Å². The summed E-state index contributed by atoms with van der Waals surface area (Å²) in [5.41, 5.74) is 1.40. The molecule has 2 nitrogen and oxygen atoms in total. The smallest absolute Gasteiger partial charge is 0.241 e. The minimum Gasteiger partial charge on any atom is -0.550 e. The maximum absolute atomic E-state index is 5.74. The molecule has 1 heterocycles. The first kappa shape index (κ1) is 10.8. The van der Waals surface area contributed by atoms with Crippen molar-refractivity contribution < 1.29 is 9.16 Å². The molecule has 1 unspecified atom stereocenters. The van der Waals surface area contributed by atoms with Crippen LogP contribution in [0.25, 0.3) is 0 Å². The van der Waals surface area contributed by atoms with Crippen molar-refractivity contribution in [3.8, 4) is 0 Å². The van der Waals surface area contributed by atoms with Crippen LogP contribution in [0.3, 0.4) is 0 Å². The predicted molar refractivity (Wildman–Crippen MR) is 57.2 cm³/mol. The van der Waals surface area contributed by atoms with Gasteiger partial charge in [-0.05, 0) is 45.0 Å². The fourth-order valence-corrected chi connectivity index (χ4v) is 1.81. The minimum atomic E-state index is -1.38. The summed E-state index contributed by atoms with van der Waals surface area (Å²) in [6, 6.07) is 0. The Labute approximate surface area is 82.1 Å². The second-order valence-corrected chi connectivity index (χ2v) is 9.10. The summed E-state index contributed by atoms with van der Waals surface area (Å²) in [6.07, 6.45) is 4.41. The Morgan fingerprint density at radius 2 is 2.15 bits per heavy atom. The van der Waals surface area contributed by atoms with E-state index in [1.807, 2.05) is 6.26 Å². The molecule has 1 aliphatic heterocycles. The Morgan fingerprint density at radius 1 is 1.46 bits per heavy atom. The maximum atomic E-state index is 5.74. The van der Waals surface area contributed by atoms with Gasteiger partial charge in [0.1, 0.15) is 0 Å².